The third-order valence-electron chi connectivity index (χ3n) is 4.26. The molecule has 0 radical (unpaired) electrons. The SMILES string of the molecule is COc1ccc(CCC(=O)OCC(=O)Nc2ccc3c(c2)OCCO3)cc1OC. The minimum Gasteiger partial charge on any atom is -0.493 e. The molecule has 0 saturated carbocycles. The molecular formula is C21H23NO7. The lowest BCUT2D eigenvalue weighted by Gasteiger charge is -2.19. The Kier molecular flexibility index (Phi) is 6.78. The highest BCUT2D eigenvalue weighted by atomic mass is 16.6. The largest absolute Gasteiger partial charge is 0.493 e. The number of nitrogens with one attached hydrogen (secondary N) is 1. The Morgan fingerprint density at radius 2 is 1.72 bits per heavy atom. The van der Waals surface area contributed by atoms with Gasteiger partial charge in [-0.05, 0) is 36.2 Å². The summed E-state index contributed by atoms with van der Waals surface area (Å²) in [5, 5.41) is 2.67. The molecule has 2 aromatic carbocycles. The van der Waals surface area contributed by atoms with Gasteiger partial charge in [0.2, 0.25) is 0 Å². The van der Waals surface area contributed by atoms with Crippen LogP contribution in [0.1, 0.15) is 12.0 Å². The first-order chi connectivity index (χ1) is 14.1. The first-order valence-corrected chi connectivity index (χ1v) is 9.15. The molecule has 29 heavy (non-hydrogen) atoms. The van der Waals surface area contributed by atoms with Crippen molar-refractivity contribution < 1.29 is 33.3 Å². The molecule has 8 nitrogen and oxygen atoms in total. The van der Waals surface area contributed by atoms with Gasteiger partial charge in [0.1, 0.15) is 13.2 Å². The first kappa shape index (κ1) is 20.3. The number of carbonyl (C=O) groups excluding carboxylic acids is 2. The second-order valence-corrected chi connectivity index (χ2v) is 6.26. The van der Waals surface area contributed by atoms with E-state index in [0.29, 0.717) is 48.3 Å². The number of ether oxygens (including phenoxy) is 5. The summed E-state index contributed by atoms with van der Waals surface area (Å²) in [6.45, 7) is 0.596. The van der Waals surface area contributed by atoms with Crippen LogP contribution in [-0.2, 0) is 20.7 Å². The van der Waals surface area contributed by atoms with E-state index in [0.717, 1.165) is 5.56 Å². The van der Waals surface area contributed by atoms with Crippen LogP contribution in [0.4, 0.5) is 5.69 Å². The van der Waals surface area contributed by atoms with Crippen molar-refractivity contribution in [1.29, 1.82) is 0 Å². The number of fused-ring (bicyclic) bond motifs is 1. The number of esters is 1. The smallest absolute Gasteiger partial charge is 0.306 e. The lowest BCUT2D eigenvalue weighted by Crippen LogP contribution is -2.21. The molecule has 0 saturated heterocycles. The van der Waals surface area contributed by atoms with E-state index in [1.54, 1.807) is 44.6 Å². The van der Waals surface area contributed by atoms with E-state index >= 15 is 0 Å². The average Bonchev–Trinajstić information content (AvgIpc) is 2.75. The van der Waals surface area contributed by atoms with Gasteiger partial charge in [0.05, 0.1) is 14.2 Å². The molecule has 0 fully saturated rings. The first-order valence-electron chi connectivity index (χ1n) is 9.15. The van der Waals surface area contributed by atoms with E-state index in [-0.39, 0.29) is 13.0 Å². The van der Waals surface area contributed by atoms with Gasteiger partial charge in [-0.1, -0.05) is 6.07 Å². The Morgan fingerprint density at radius 3 is 2.48 bits per heavy atom. The van der Waals surface area contributed by atoms with Gasteiger partial charge in [0, 0.05) is 18.2 Å². The van der Waals surface area contributed by atoms with Crippen molar-refractivity contribution in [2.45, 2.75) is 12.8 Å². The Labute approximate surface area is 168 Å². The van der Waals surface area contributed by atoms with Crippen LogP contribution < -0.4 is 24.3 Å². The average molecular weight is 401 g/mol. The van der Waals surface area contributed by atoms with Crippen LogP contribution in [0.3, 0.4) is 0 Å². The van der Waals surface area contributed by atoms with E-state index in [1.165, 1.54) is 0 Å². The van der Waals surface area contributed by atoms with Gasteiger partial charge in [-0.15, -0.1) is 0 Å². The summed E-state index contributed by atoms with van der Waals surface area (Å²) in [4.78, 5) is 24.0. The number of hydrogen-bond donors (Lipinski definition) is 1. The van der Waals surface area contributed by atoms with Crippen LogP contribution in [0.2, 0.25) is 0 Å². The Morgan fingerprint density at radius 1 is 0.966 bits per heavy atom. The number of methoxy groups -OCH3 is 2. The summed E-state index contributed by atoms with van der Waals surface area (Å²) in [6, 6.07) is 10.5. The van der Waals surface area contributed by atoms with Gasteiger partial charge >= 0.3 is 5.97 Å². The topological polar surface area (TPSA) is 92.3 Å². The molecule has 1 amide bonds. The molecule has 0 spiro atoms. The summed E-state index contributed by atoms with van der Waals surface area (Å²) in [7, 11) is 3.11. The van der Waals surface area contributed by atoms with E-state index in [1.807, 2.05) is 6.07 Å². The van der Waals surface area contributed by atoms with E-state index in [2.05, 4.69) is 5.32 Å². The van der Waals surface area contributed by atoms with Crippen molar-refractivity contribution in [3.05, 3.63) is 42.0 Å². The fourth-order valence-electron chi connectivity index (χ4n) is 2.82. The molecule has 0 atom stereocenters. The summed E-state index contributed by atoms with van der Waals surface area (Å²) in [5.41, 5.74) is 1.45. The molecule has 2 aromatic rings. The van der Waals surface area contributed by atoms with Gasteiger partial charge in [0.15, 0.2) is 29.6 Å². The zero-order chi connectivity index (χ0) is 20.6. The van der Waals surface area contributed by atoms with Gasteiger partial charge in [0.25, 0.3) is 5.91 Å². The fourth-order valence-corrected chi connectivity index (χ4v) is 2.82. The number of rotatable bonds is 8. The van der Waals surface area contributed by atoms with Crippen molar-refractivity contribution >= 4 is 17.6 Å². The molecule has 8 heteroatoms. The van der Waals surface area contributed by atoms with Crippen LogP contribution in [0, 0.1) is 0 Å². The minimum absolute atomic E-state index is 0.146. The van der Waals surface area contributed by atoms with Gasteiger partial charge in [-0.25, -0.2) is 0 Å². The molecule has 1 N–H and O–H groups in total. The highest BCUT2D eigenvalue weighted by Gasteiger charge is 2.14. The standard InChI is InChI=1S/C21H23NO7/c1-25-16-6-3-14(11-18(16)26-2)4-8-21(24)29-13-20(23)22-15-5-7-17-19(12-15)28-10-9-27-17/h3,5-7,11-12H,4,8-10,13H2,1-2H3,(H,22,23). The number of benzene rings is 2. The van der Waals surface area contributed by atoms with Gasteiger partial charge < -0.3 is 29.0 Å². The molecule has 0 bridgehead atoms. The van der Waals surface area contributed by atoms with Crippen LogP contribution >= 0.6 is 0 Å². The molecule has 1 aliphatic heterocycles. The fraction of sp³-hybridized carbons (Fsp3) is 0.333. The third kappa shape index (κ3) is 5.54. The Bertz CT molecular complexity index is 881. The van der Waals surface area contributed by atoms with Crippen LogP contribution in [0.25, 0.3) is 0 Å². The summed E-state index contributed by atoms with van der Waals surface area (Å²) in [5.74, 6) is 1.53. The summed E-state index contributed by atoms with van der Waals surface area (Å²) in [6.07, 6.45) is 0.607. The molecule has 1 aliphatic rings. The van der Waals surface area contributed by atoms with Crippen molar-refractivity contribution in [2.75, 3.05) is 39.4 Å². The Balaban J connectivity index is 1.44. The zero-order valence-electron chi connectivity index (χ0n) is 16.4. The van der Waals surface area contributed by atoms with Crippen molar-refractivity contribution in [2.24, 2.45) is 0 Å². The molecule has 3 rings (SSSR count). The molecule has 1 heterocycles. The minimum atomic E-state index is -0.461. The van der Waals surface area contributed by atoms with Crippen LogP contribution in [0.15, 0.2) is 36.4 Å². The number of amides is 1. The maximum Gasteiger partial charge on any atom is 0.306 e. The van der Waals surface area contributed by atoms with E-state index in [4.69, 9.17) is 23.7 Å². The number of carbonyl (C=O) groups is 2. The number of hydrogen-bond acceptors (Lipinski definition) is 7. The maximum atomic E-state index is 12.0. The third-order valence-corrected chi connectivity index (χ3v) is 4.26. The molecule has 154 valence electrons. The van der Waals surface area contributed by atoms with E-state index < -0.39 is 11.9 Å². The van der Waals surface area contributed by atoms with Gasteiger partial charge in [-0.2, -0.15) is 0 Å². The second-order valence-electron chi connectivity index (χ2n) is 6.26. The van der Waals surface area contributed by atoms with Crippen molar-refractivity contribution in [3.63, 3.8) is 0 Å². The Hall–Kier alpha value is -3.42. The lowest BCUT2D eigenvalue weighted by atomic mass is 10.1. The summed E-state index contributed by atoms with van der Waals surface area (Å²) < 4.78 is 26.4. The number of anilines is 1. The predicted molar refractivity (Wildman–Crippen MR) is 105 cm³/mol. The van der Waals surface area contributed by atoms with E-state index in [9.17, 15) is 9.59 Å². The van der Waals surface area contributed by atoms with Crippen molar-refractivity contribution in [3.8, 4) is 23.0 Å². The molecule has 0 unspecified atom stereocenters. The highest BCUT2D eigenvalue weighted by Crippen LogP contribution is 2.32. The van der Waals surface area contributed by atoms with Crippen LogP contribution in [0.5, 0.6) is 23.0 Å². The predicted octanol–water partition coefficient (Wildman–Crippen LogP) is 2.59. The quantitative estimate of drug-likeness (QED) is 0.680. The second kappa shape index (κ2) is 9.68. The van der Waals surface area contributed by atoms with Crippen molar-refractivity contribution in [1.82, 2.24) is 0 Å². The van der Waals surface area contributed by atoms with Gasteiger partial charge in [-0.3, -0.25) is 9.59 Å². The summed E-state index contributed by atoms with van der Waals surface area (Å²) >= 11 is 0. The molecule has 0 aromatic heterocycles. The maximum absolute atomic E-state index is 12.0. The lowest BCUT2D eigenvalue weighted by molar-refractivity contribution is -0.147. The highest BCUT2D eigenvalue weighted by molar-refractivity contribution is 5.93. The normalized spacial score (nSPS) is 12.1. The zero-order valence-corrected chi connectivity index (χ0v) is 16.4. The van der Waals surface area contributed by atoms with Crippen LogP contribution in [-0.4, -0.2) is 45.9 Å². The monoisotopic (exact) mass is 401 g/mol. The number of aryl methyl sites for hydroxylation is 1. The molecule has 0 aliphatic carbocycles. The molecular weight excluding hydrogens is 378 g/mol.